The monoisotopic (exact) mass is 344 g/mol. The van der Waals surface area contributed by atoms with Gasteiger partial charge in [-0.25, -0.2) is 0 Å². The molecule has 4 heteroatoms. The fraction of sp³-hybridized carbons (Fsp3) is 0.429. The van der Waals surface area contributed by atoms with Crippen LogP contribution >= 0.6 is 0 Å². The Kier molecular flexibility index (Phi) is 5.45. The summed E-state index contributed by atoms with van der Waals surface area (Å²) in [7, 11) is 0. The van der Waals surface area contributed by atoms with E-state index in [0.29, 0.717) is 22.3 Å². The first-order valence-corrected chi connectivity index (χ1v) is 8.46. The molecule has 0 atom stereocenters. The van der Waals surface area contributed by atoms with E-state index in [4.69, 9.17) is 0 Å². The Morgan fingerprint density at radius 2 is 1.12 bits per heavy atom. The van der Waals surface area contributed by atoms with Crippen LogP contribution in [0.4, 0.5) is 0 Å². The maximum absolute atomic E-state index is 10.7. The van der Waals surface area contributed by atoms with Crippen molar-refractivity contribution in [3.05, 3.63) is 57.6 Å². The first-order chi connectivity index (χ1) is 11.6. The maximum Gasteiger partial charge on any atom is 0.124 e. The van der Waals surface area contributed by atoms with Gasteiger partial charge in [-0.05, 0) is 19.3 Å². The van der Waals surface area contributed by atoms with Crippen molar-refractivity contribution in [3.63, 3.8) is 0 Å². The average Bonchev–Trinajstić information content (AvgIpc) is 2.52. The Hall–Kier alpha value is -2.04. The van der Waals surface area contributed by atoms with Crippen molar-refractivity contribution in [3.8, 4) is 11.5 Å². The van der Waals surface area contributed by atoms with Gasteiger partial charge in [-0.3, -0.25) is 0 Å². The van der Waals surface area contributed by atoms with Crippen molar-refractivity contribution >= 4 is 0 Å². The number of phenols is 2. The third-order valence-electron chi connectivity index (χ3n) is 4.55. The largest absolute Gasteiger partial charge is 0.507 e. The molecule has 0 saturated carbocycles. The summed E-state index contributed by atoms with van der Waals surface area (Å²) in [5.74, 6) is -0.193. The summed E-state index contributed by atoms with van der Waals surface area (Å²) in [6.45, 7) is 9.45. The van der Waals surface area contributed by atoms with Crippen LogP contribution in [0.2, 0.25) is 0 Å². The van der Waals surface area contributed by atoms with Crippen molar-refractivity contribution in [2.24, 2.45) is 5.41 Å². The first kappa shape index (κ1) is 19.3. The second-order valence-corrected chi connectivity index (χ2v) is 7.84. The molecule has 0 aliphatic carbocycles. The summed E-state index contributed by atoms with van der Waals surface area (Å²) < 4.78 is 0. The summed E-state index contributed by atoms with van der Waals surface area (Å²) in [4.78, 5) is 0. The molecule has 2 rings (SSSR count). The van der Waals surface area contributed by atoms with Crippen molar-refractivity contribution in [1.82, 2.24) is 0 Å². The molecule has 4 N–H and O–H groups in total. The van der Waals surface area contributed by atoms with Crippen molar-refractivity contribution < 1.29 is 20.4 Å². The fourth-order valence-corrected chi connectivity index (χ4v) is 3.55. The van der Waals surface area contributed by atoms with Gasteiger partial charge in [-0.2, -0.15) is 0 Å². The van der Waals surface area contributed by atoms with Crippen molar-refractivity contribution in [2.75, 3.05) is 0 Å². The number of rotatable bonds is 4. The SMILES string of the molecule is Cc1cc(CO)c(O)c(C(c2cc(C)cc(CO)c2O)C(C)(C)C)c1. The molecule has 0 bridgehead atoms. The zero-order valence-electron chi connectivity index (χ0n) is 15.6. The normalized spacial score (nSPS) is 12.0. The van der Waals surface area contributed by atoms with E-state index in [2.05, 4.69) is 0 Å². The molecule has 0 saturated heterocycles. The van der Waals surface area contributed by atoms with Gasteiger partial charge in [0.1, 0.15) is 11.5 Å². The Morgan fingerprint density at radius 1 is 0.760 bits per heavy atom. The van der Waals surface area contributed by atoms with Crippen LogP contribution in [-0.2, 0) is 13.2 Å². The van der Waals surface area contributed by atoms with Crippen LogP contribution in [0.1, 0.15) is 60.1 Å². The molecule has 0 fully saturated rings. The van der Waals surface area contributed by atoms with Gasteiger partial charge >= 0.3 is 0 Å². The second kappa shape index (κ2) is 7.06. The predicted octanol–water partition coefficient (Wildman–Crippen LogP) is 3.88. The lowest BCUT2D eigenvalue weighted by Crippen LogP contribution is -2.21. The van der Waals surface area contributed by atoms with E-state index in [-0.39, 0.29) is 36.0 Å². The molecule has 4 nitrogen and oxygen atoms in total. The smallest absolute Gasteiger partial charge is 0.124 e. The van der Waals surface area contributed by atoms with Gasteiger partial charge in [0.15, 0.2) is 0 Å². The summed E-state index contributed by atoms with van der Waals surface area (Å²) in [6, 6.07) is 7.30. The third kappa shape index (κ3) is 3.80. The van der Waals surface area contributed by atoms with Gasteiger partial charge in [-0.15, -0.1) is 0 Å². The Labute approximate surface area is 149 Å². The van der Waals surface area contributed by atoms with Crippen molar-refractivity contribution in [2.45, 2.75) is 53.8 Å². The minimum atomic E-state index is -0.310. The number of aromatic hydroxyl groups is 2. The molecular formula is C21H28O4. The highest BCUT2D eigenvalue weighted by Gasteiger charge is 2.33. The zero-order chi connectivity index (χ0) is 18.9. The number of aliphatic hydroxyl groups is 2. The number of hydrogen-bond acceptors (Lipinski definition) is 4. The summed E-state index contributed by atoms with van der Waals surface area (Å²) in [5, 5.41) is 40.5. The highest BCUT2D eigenvalue weighted by molar-refractivity contribution is 5.54. The van der Waals surface area contributed by atoms with E-state index in [1.54, 1.807) is 12.1 Å². The highest BCUT2D eigenvalue weighted by Crippen LogP contribution is 2.48. The lowest BCUT2D eigenvalue weighted by Gasteiger charge is -2.34. The summed E-state index contributed by atoms with van der Waals surface area (Å²) >= 11 is 0. The summed E-state index contributed by atoms with van der Waals surface area (Å²) in [6.07, 6.45) is 0. The van der Waals surface area contributed by atoms with E-state index in [1.807, 2.05) is 46.8 Å². The fourth-order valence-electron chi connectivity index (χ4n) is 3.55. The van der Waals surface area contributed by atoms with Crippen LogP contribution in [-0.4, -0.2) is 20.4 Å². The quantitative estimate of drug-likeness (QED) is 0.678. The zero-order valence-corrected chi connectivity index (χ0v) is 15.6. The standard InChI is InChI=1S/C21H28O4/c1-12-6-14(10-22)19(24)16(8-12)18(21(3,4)5)17-9-13(2)7-15(11-23)20(17)25/h6-9,18,22-25H,10-11H2,1-5H3. The number of aryl methyl sites for hydroxylation is 2. The van der Waals surface area contributed by atoms with Gasteiger partial charge in [-0.1, -0.05) is 56.2 Å². The topological polar surface area (TPSA) is 80.9 Å². The Bertz CT molecular complexity index is 713. The predicted molar refractivity (Wildman–Crippen MR) is 98.8 cm³/mol. The van der Waals surface area contributed by atoms with E-state index in [0.717, 1.165) is 11.1 Å². The van der Waals surface area contributed by atoms with Crippen LogP contribution in [0.15, 0.2) is 24.3 Å². The molecule has 0 heterocycles. The number of benzene rings is 2. The molecule has 25 heavy (non-hydrogen) atoms. The lowest BCUT2D eigenvalue weighted by molar-refractivity contribution is 0.271. The second-order valence-electron chi connectivity index (χ2n) is 7.84. The van der Waals surface area contributed by atoms with E-state index >= 15 is 0 Å². The average molecular weight is 344 g/mol. The van der Waals surface area contributed by atoms with Crippen LogP contribution in [0.3, 0.4) is 0 Å². The minimum Gasteiger partial charge on any atom is -0.507 e. The van der Waals surface area contributed by atoms with E-state index < -0.39 is 0 Å². The van der Waals surface area contributed by atoms with Crippen molar-refractivity contribution in [1.29, 1.82) is 0 Å². The Balaban J connectivity index is 2.81. The summed E-state index contributed by atoms with van der Waals surface area (Å²) in [5.41, 5.74) is 3.83. The highest BCUT2D eigenvalue weighted by atomic mass is 16.3. The minimum absolute atomic E-state index is 0.0551. The van der Waals surface area contributed by atoms with Crippen LogP contribution in [0.5, 0.6) is 11.5 Å². The van der Waals surface area contributed by atoms with Gasteiger partial charge in [0.25, 0.3) is 0 Å². The maximum atomic E-state index is 10.7. The van der Waals surface area contributed by atoms with E-state index in [9.17, 15) is 20.4 Å². The molecule has 136 valence electrons. The number of hydrogen-bond donors (Lipinski definition) is 4. The lowest BCUT2D eigenvalue weighted by atomic mass is 9.71. The molecule has 0 aliphatic heterocycles. The molecule has 0 radical (unpaired) electrons. The molecule has 0 aromatic heterocycles. The van der Waals surface area contributed by atoms with Crippen LogP contribution in [0.25, 0.3) is 0 Å². The van der Waals surface area contributed by atoms with Gasteiger partial charge < -0.3 is 20.4 Å². The van der Waals surface area contributed by atoms with Gasteiger partial charge in [0, 0.05) is 28.2 Å². The van der Waals surface area contributed by atoms with Crippen LogP contribution in [0, 0.1) is 19.3 Å². The molecule has 0 aliphatic rings. The molecule has 0 unspecified atom stereocenters. The van der Waals surface area contributed by atoms with Gasteiger partial charge in [0.2, 0.25) is 0 Å². The first-order valence-electron chi connectivity index (χ1n) is 8.46. The molecule has 2 aromatic carbocycles. The van der Waals surface area contributed by atoms with E-state index in [1.165, 1.54) is 0 Å². The Morgan fingerprint density at radius 3 is 1.40 bits per heavy atom. The van der Waals surface area contributed by atoms with Crippen LogP contribution < -0.4 is 0 Å². The third-order valence-corrected chi connectivity index (χ3v) is 4.55. The number of aliphatic hydroxyl groups excluding tert-OH is 2. The van der Waals surface area contributed by atoms with Gasteiger partial charge in [0.05, 0.1) is 13.2 Å². The molecule has 0 spiro atoms. The molecule has 0 amide bonds. The molecule has 2 aromatic rings. The molecular weight excluding hydrogens is 316 g/mol.